The zero-order valence-corrected chi connectivity index (χ0v) is 11.6. The van der Waals surface area contributed by atoms with Crippen molar-refractivity contribution < 1.29 is 4.79 Å². The smallest absolute Gasteiger partial charge is 0.255 e. The lowest BCUT2D eigenvalue weighted by atomic mass is 10.1. The van der Waals surface area contributed by atoms with Gasteiger partial charge >= 0.3 is 0 Å². The van der Waals surface area contributed by atoms with Crippen LogP contribution in [0.25, 0.3) is 0 Å². The Bertz CT molecular complexity index is 393. The zero-order valence-electron chi connectivity index (χ0n) is 9.99. The van der Waals surface area contributed by atoms with Crippen molar-refractivity contribution >= 4 is 21.8 Å². The molecule has 0 aliphatic heterocycles. The van der Waals surface area contributed by atoms with E-state index < -0.39 is 0 Å². The third-order valence-electron chi connectivity index (χ3n) is 2.20. The maximum atomic E-state index is 12.1. The van der Waals surface area contributed by atoms with E-state index in [4.69, 9.17) is 0 Å². The summed E-state index contributed by atoms with van der Waals surface area (Å²) in [5.74, 6) is -0.0122. The maximum absolute atomic E-state index is 12.1. The molecule has 0 bridgehead atoms. The van der Waals surface area contributed by atoms with Gasteiger partial charge < -0.3 is 4.90 Å². The Morgan fingerprint density at radius 2 is 2.12 bits per heavy atom. The van der Waals surface area contributed by atoms with Crippen LogP contribution in [0.15, 0.2) is 6.07 Å². The summed E-state index contributed by atoms with van der Waals surface area (Å²) in [6, 6.07) is 1.78. The molecule has 0 saturated heterocycles. The van der Waals surface area contributed by atoms with E-state index in [9.17, 15) is 4.79 Å². The quantitative estimate of drug-likeness (QED) is 0.798. The number of nitrogens with zero attached hydrogens (tertiary/aromatic N) is 3. The molecule has 0 aliphatic carbocycles. The van der Waals surface area contributed by atoms with Gasteiger partial charge in [0.1, 0.15) is 0 Å². The molecule has 88 valence electrons. The molecule has 1 atom stereocenters. The molecule has 0 N–H and O–H groups in total. The third kappa shape index (κ3) is 3.27. The van der Waals surface area contributed by atoms with E-state index in [2.05, 4.69) is 26.1 Å². The average Bonchev–Trinajstić information content (AvgIpc) is 2.19. The molecule has 0 aliphatic rings. The van der Waals surface area contributed by atoms with Gasteiger partial charge in [0.05, 0.1) is 17.0 Å². The van der Waals surface area contributed by atoms with Crippen LogP contribution in [-0.2, 0) is 0 Å². The van der Waals surface area contributed by atoms with Crippen molar-refractivity contribution in [2.24, 2.45) is 0 Å². The van der Waals surface area contributed by atoms with Crippen LogP contribution in [-0.4, -0.2) is 39.4 Å². The SMILES string of the molecule is Cc1cc(C(=O)N(C)CC(C)Br)c(C)nn1. The minimum absolute atomic E-state index is 0.0122. The van der Waals surface area contributed by atoms with Crippen LogP contribution in [0.3, 0.4) is 0 Å². The van der Waals surface area contributed by atoms with Gasteiger partial charge in [0, 0.05) is 18.4 Å². The minimum atomic E-state index is -0.0122. The summed E-state index contributed by atoms with van der Waals surface area (Å²) in [5, 5.41) is 7.86. The number of hydrogen-bond acceptors (Lipinski definition) is 3. The van der Waals surface area contributed by atoms with Gasteiger partial charge in [0.2, 0.25) is 0 Å². The Labute approximate surface area is 104 Å². The second-order valence-electron chi connectivity index (χ2n) is 3.95. The van der Waals surface area contributed by atoms with Crippen LogP contribution in [0, 0.1) is 13.8 Å². The highest BCUT2D eigenvalue weighted by Crippen LogP contribution is 2.10. The first-order chi connectivity index (χ1) is 7.41. The first-order valence-corrected chi connectivity index (χ1v) is 6.04. The van der Waals surface area contributed by atoms with Crippen LogP contribution in [0.1, 0.15) is 28.7 Å². The molecule has 0 radical (unpaired) electrons. The summed E-state index contributed by atoms with van der Waals surface area (Å²) in [5.41, 5.74) is 2.06. The molecule has 5 heteroatoms. The molecular weight excluding hydrogens is 270 g/mol. The van der Waals surface area contributed by atoms with E-state index in [1.54, 1.807) is 24.9 Å². The molecule has 0 saturated carbocycles. The number of aryl methyl sites for hydroxylation is 2. The van der Waals surface area contributed by atoms with E-state index in [0.717, 1.165) is 5.69 Å². The molecule has 0 aromatic carbocycles. The molecule has 0 fully saturated rings. The molecule has 1 unspecified atom stereocenters. The van der Waals surface area contributed by atoms with Gasteiger partial charge in [-0.2, -0.15) is 10.2 Å². The molecule has 4 nitrogen and oxygen atoms in total. The first kappa shape index (κ1) is 13.1. The van der Waals surface area contributed by atoms with Crippen LogP contribution in [0.5, 0.6) is 0 Å². The molecule has 1 amide bonds. The van der Waals surface area contributed by atoms with E-state index >= 15 is 0 Å². The molecule has 1 rings (SSSR count). The number of hydrogen-bond donors (Lipinski definition) is 0. The third-order valence-corrected chi connectivity index (χ3v) is 2.49. The maximum Gasteiger partial charge on any atom is 0.255 e. The van der Waals surface area contributed by atoms with Gasteiger partial charge in [-0.15, -0.1) is 0 Å². The van der Waals surface area contributed by atoms with Crippen molar-refractivity contribution in [1.29, 1.82) is 0 Å². The molecule has 1 aromatic rings. The number of carbonyl (C=O) groups excluding carboxylic acids is 1. The number of aromatic nitrogens is 2. The second-order valence-corrected chi connectivity index (χ2v) is 5.51. The van der Waals surface area contributed by atoms with Crippen molar-refractivity contribution in [3.8, 4) is 0 Å². The Morgan fingerprint density at radius 3 is 2.69 bits per heavy atom. The summed E-state index contributed by atoms with van der Waals surface area (Å²) in [7, 11) is 1.79. The van der Waals surface area contributed by atoms with Crippen LogP contribution < -0.4 is 0 Å². The topological polar surface area (TPSA) is 46.1 Å². The molecule has 1 heterocycles. The van der Waals surface area contributed by atoms with E-state index in [1.165, 1.54) is 0 Å². The average molecular weight is 286 g/mol. The van der Waals surface area contributed by atoms with E-state index in [0.29, 0.717) is 17.8 Å². The van der Waals surface area contributed by atoms with Gasteiger partial charge in [-0.3, -0.25) is 4.79 Å². The Morgan fingerprint density at radius 1 is 1.50 bits per heavy atom. The van der Waals surface area contributed by atoms with Crippen molar-refractivity contribution in [3.63, 3.8) is 0 Å². The van der Waals surface area contributed by atoms with Gasteiger partial charge in [-0.25, -0.2) is 0 Å². The first-order valence-electron chi connectivity index (χ1n) is 5.12. The number of amides is 1. The van der Waals surface area contributed by atoms with E-state index in [1.807, 2.05) is 13.8 Å². The fourth-order valence-electron chi connectivity index (χ4n) is 1.43. The van der Waals surface area contributed by atoms with Crippen LogP contribution >= 0.6 is 15.9 Å². The highest BCUT2D eigenvalue weighted by molar-refractivity contribution is 9.09. The zero-order chi connectivity index (χ0) is 12.3. The predicted molar refractivity (Wildman–Crippen MR) is 66.9 cm³/mol. The fourth-order valence-corrected chi connectivity index (χ4v) is 1.87. The molecule has 1 aromatic heterocycles. The second kappa shape index (κ2) is 5.39. The molecule has 0 spiro atoms. The number of halogens is 1. The lowest BCUT2D eigenvalue weighted by Crippen LogP contribution is -2.32. The summed E-state index contributed by atoms with van der Waals surface area (Å²) >= 11 is 3.43. The number of rotatable bonds is 3. The van der Waals surface area contributed by atoms with Gasteiger partial charge in [0.25, 0.3) is 5.91 Å². The summed E-state index contributed by atoms with van der Waals surface area (Å²) < 4.78 is 0. The van der Waals surface area contributed by atoms with E-state index in [-0.39, 0.29) is 10.7 Å². The monoisotopic (exact) mass is 285 g/mol. The predicted octanol–water partition coefficient (Wildman–Crippen LogP) is 1.95. The highest BCUT2D eigenvalue weighted by atomic mass is 79.9. The number of alkyl halides is 1. The lowest BCUT2D eigenvalue weighted by molar-refractivity contribution is 0.0796. The summed E-state index contributed by atoms with van der Waals surface area (Å²) in [6.07, 6.45) is 0. The number of carbonyl (C=O) groups is 1. The van der Waals surface area contributed by atoms with Crippen LogP contribution in [0.4, 0.5) is 0 Å². The van der Waals surface area contributed by atoms with Crippen molar-refractivity contribution in [2.45, 2.75) is 25.6 Å². The van der Waals surface area contributed by atoms with Crippen molar-refractivity contribution in [1.82, 2.24) is 15.1 Å². The summed E-state index contributed by atoms with van der Waals surface area (Å²) in [6.45, 7) is 6.30. The minimum Gasteiger partial charge on any atom is -0.341 e. The lowest BCUT2D eigenvalue weighted by Gasteiger charge is -2.19. The van der Waals surface area contributed by atoms with Crippen molar-refractivity contribution in [2.75, 3.05) is 13.6 Å². The van der Waals surface area contributed by atoms with Crippen LogP contribution in [0.2, 0.25) is 0 Å². The van der Waals surface area contributed by atoms with Crippen molar-refractivity contribution in [3.05, 3.63) is 23.0 Å². The summed E-state index contributed by atoms with van der Waals surface area (Å²) in [4.78, 5) is 14.0. The fraction of sp³-hybridized carbons (Fsp3) is 0.545. The highest BCUT2D eigenvalue weighted by Gasteiger charge is 2.16. The Balaban J connectivity index is 2.91. The van der Waals surface area contributed by atoms with Gasteiger partial charge in [-0.1, -0.05) is 22.9 Å². The molecule has 16 heavy (non-hydrogen) atoms. The van der Waals surface area contributed by atoms with Gasteiger partial charge in [-0.05, 0) is 19.9 Å². The largest absolute Gasteiger partial charge is 0.341 e. The normalized spacial score (nSPS) is 12.3. The molecular formula is C11H16BrN3O. The Kier molecular flexibility index (Phi) is 4.41. The Hall–Kier alpha value is -0.970. The standard InChI is InChI=1S/C11H16BrN3O/c1-7(12)6-15(4)11(16)10-5-8(2)13-14-9(10)3/h5,7H,6H2,1-4H3. The van der Waals surface area contributed by atoms with Gasteiger partial charge in [0.15, 0.2) is 0 Å².